The molecular weight excluding hydrogens is 276 g/mol. The summed E-state index contributed by atoms with van der Waals surface area (Å²) < 4.78 is 0. The molecule has 4 nitrogen and oxygen atoms in total. The van der Waals surface area contributed by atoms with Gasteiger partial charge >= 0.3 is 5.97 Å². The van der Waals surface area contributed by atoms with Crippen LogP contribution < -0.4 is 4.90 Å². The van der Waals surface area contributed by atoms with Crippen LogP contribution in [0.4, 0.5) is 5.69 Å². The van der Waals surface area contributed by atoms with Crippen molar-refractivity contribution in [3.05, 3.63) is 28.8 Å². The third-order valence-electron chi connectivity index (χ3n) is 3.89. The van der Waals surface area contributed by atoms with E-state index in [2.05, 4.69) is 23.8 Å². The Bertz CT molecular complexity index is 493. The Hall–Kier alpha value is -1.26. The monoisotopic (exact) mass is 296 g/mol. The Kier molecular flexibility index (Phi) is 4.89. The van der Waals surface area contributed by atoms with Crippen molar-refractivity contribution >= 4 is 23.3 Å². The number of halogens is 1. The van der Waals surface area contributed by atoms with Crippen molar-refractivity contribution in [2.45, 2.75) is 25.8 Å². The maximum Gasteiger partial charge on any atom is 0.339 e. The van der Waals surface area contributed by atoms with Gasteiger partial charge in [-0.05, 0) is 38.6 Å². The molecule has 2 rings (SSSR count). The highest BCUT2D eigenvalue weighted by Gasteiger charge is 2.26. The number of anilines is 1. The fourth-order valence-electron chi connectivity index (χ4n) is 2.87. The molecule has 0 radical (unpaired) electrons. The normalized spacial score (nSPS) is 20.8. The van der Waals surface area contributed by atoms with E-state index in [0.29, 0.717) is 11.1 Å². The second kappa shape index (κ2) is 6.46. The van der Waals surface area contributed by atoms with E-state index >= 15 is 0 Å². The van der Waals surface area contributed by atoms with E-state index in [-0.39, 0.29) is 5.56 Å². The van der Waals surface area contributed by atoms with Crippen LogP contribution in [0.1, 0.15) is 30.1 Å². The largest absolute Gasteiger partial charge is 0.478 e. The van der Waals surface area contributed by atoms with E-state index < -0.39 is 5.97 Å². The molecule has 5 heteroatoms. The number of carboxylic acids is 1. The number of benzene rings is 1. The molecule has 1 heterocycles. The average Bonchev–Trinajstić information content (AvgIpc) is 2.59. The highest BCUT2D eigenvalue weighted by Crippen LogP contribution is 2.30. The molecule has 1 aromatic rings. The number of carboxylic acid groups (broad SMARTS) is 1. The first-order valence-corrected chi connectivity index (χ1v) is 7.39. The Labute approximate surface area is 124 Å². The zero-order valence-electron chi connectivity index (χ0n) is 12.0. The van der Waals surface area contributed by atoms with Crippen LogP contribution in [0, 0.1) is 0 Å². The van der Waals surface area contributed by atoms with Gasteiger partial charge in [0.2, 0.25) is 0 Å². The standard InChI is InChI=1S/C15H21ClN2O2/c1-3-11-10-17(2)8-5-9-18(11)13-7-4-6-12(16)14(13)15(19)20/h4,6-7,11H,3,5,8-10H2,1-2H3,(H,19,20). The molecule has 0 spiro atoms. The Balaban J connectivity index is 2.43. The minimum atomic E-state index is -0.960. The van der Waals surface area contributed by atoms with Crippen molar-refractivity contribution in [1.29, 1.82) is 0 Å². The zero-order chi connectivity index (χ0) is 14.7. The van der Waals surface area contributed by atoms with Gasteiger partial charge < -0.3 is 14.9 Å². The predicted molar refractivity (Wildman–Crippen MR) is 82.0 cm³/mol. The molecule has 0 aliphatic carbocycles. The van der Waals surface area contributed by atoms with E-state index in [1.165, 1.54) is 0 Å². The molecule has 1 fully saturated rings. The van der Waals surface area contributed by atoms with Gasteiger partial charge in [-0.15, -0.1) is 0 Å². The van der Waals surface area contributed by atoms with Crippen LogP contribution >= 0.6 is 11.6 Å². The number of hydrogen-bond acceptors (Lipinski definition) is 3. The predicted octanol–water partition coefficient (Wildman–Crippen LogP) is 2.96. The molecule has 1 atom stereocenters. The van der Waals surface area contributed by atoms with Crippen LogP contribution in [0.25, 0.3) is 0 Å². The first-order valence-electron chi connectivity index (χ1n) is 7.01. The number of hydrogen-bond donors (Lipinski definition) is 1. The Morgan fingerprint density at radius 1 is 1.45 bits per heavy atom. The highest BCUT2D eigenvalue weighted by molar-refractivity contribution is 6.34. The number of nitrogens with zero attached hydrogens (tertiary/aromatic N) is 2. The lowest BCUT2D eigenvalue weighted by atomic mass is 10.1. The van der Waals surface area contributed by atoms with Gasteiger partial charge in [-0.25, -0.2) is 4.79 Å². The van der Waals surface area contributed by atoms with Crippen molar-refractivity contribution in [3.63, 3.8) is 0 Å². The van der Waals surface area contributed by atoms with Crippen LogP contribution in [0.2, 0.25) is 5.02 Å². The first-order chi connectivity index (χ1) is 9.54. The van der Waals surface area contributed by atoms with Gasteiger partial charge in [-0.1, -0.05) is 24.6 Å². The molecule has 0 amide bonds. The summed E-state index contributed by atoms with van der Waals surface area (Å²) in [5.41, 5.74) is 0.962. The second-order valence-electron chi connectivity index (χ2n) is 5.31. The minimum Gasteiger partial charge on any atom is -0.478 e. The minimum absolute atomic E-state index is 0.220. The fraction of sp³-hybridized carbons (Fsp3) is 0.533. The molecule has 1 aliphatic rings. The maximum atomic E-state index is 11.5. The Morgan fingerprint density at radius 3 is 2.85 bits per heavy atom. The molecule has 1 aliphatic heterocycles. The van der Waals surface area contributed by atoms with E-state index in [1.54, 1.807) is 6.07 Å². The molecule has 1 N–H and O–H groups in total. The lowest BCUT2D eigenvalue weighted by Crippen LogP contribution is -2.40. The summed E-state index contributed by atoms with van der Waals surface area (Å²) in [4.78, 5) is 16.0. The first kappa shape index (κ1) is 15.1. The summed E-state index contributed by atoms with van der Waals surface area (Å²) in [6, 6.07) is 5.65. The number of aromatic carboxylic acids is 1. The third kappa shape index (κ3) is 3.07. The fourth-order valence-corrected chi connectivity index (χ4v) is 3.12. The topological polar surface area (TPSA) is 43.8 Å². The second-order valence-corrected chi connectivity index (χ2v) is 5.72. The van der Waals surface area contributed by atoms with Gasteiger partial charge in [-0.2, -0.15) is 0 Å². The van der Waals surface area contributed by atoms with Gasteiger partial charge in [-0.3, -0.25) is 0 Å². The van der Waals surface area contributed by atoms with E-state index in [1.807, 2.05) is 12.1 Å². The van der Waals surface area contributed by atoms with E-state index in [0.717, 1.165) is 38.2 Å². The molecule has 20 heavy (non-hydrogen) atoms. The summed E-state index contributed by atoms with van der Waals surface area (Å²) in [5, 5.41) is 9.74. The molecule has 0 bridgehead atoms. The summed E-state index contributed by atoms with van der Waals surface area (Å²) in [7, 11) is 2.11. The molecule has 1 unspecified atom stereocenters. The van der Waals surface area contributed by atoms with E-state index in [4.69, 9.17) is 11.6 Å². The summed E-state index contributed by atoms with van der Waals surface area (Å²) in [6.07, 6.45) is 2.01. The molecule has 1 aromatic carbocycles. The number of likely N-dealkylation sites (N-methyl/N-ethyl adjacent to an activating group) is 1. The Morgan fingerprint density at radius 2 is 2.20 bits per heavy atom. The van der Waals surface area contributed by atoms with Crippen LogP contribution in [0.5, 0.6) is 0 Å². The summed E-state index contributed by atoms with van der Waals surface area (Å²) >= 11 is 6.09. The van der Waals surface area contributed by atoms with Gasteiger partial charge in [0.25, 0.3) is 0 Å². The molecule has 110 valence electrons. The summed E-state index contributed by atoms with van der Waals surface area (Å²) in [6.45, 7) is 4.99. The van der Waals surface area contributed by atoms with Crippen molar-refractivity contribution in [3.8, 4) is 0 Å². The van der Waals surface area contributed by atoms with Crippen molar-refractivity contribution in [1.82, 2.24) is 4.90 Å². The van der Waals surface area contributed by atoms with Crippen molar-refractivity contribution in [2.75, 3.05) is 31.6 Å². The van der Waals surface area contributed by atoms with Crippen LogP contribution in [-0.4, -0.2) is 48.7 Å². The molecule has 0 aromatic heterocycles. The molecule has 0 saturated carbocycles. The lowest BCUT2D eigenvalue weighted by molar-refractivity contribution is 0.0697. The van der Waals surface area contributed by atoms with Crippen LogP contribution in [0.15, 0.2) is 18.2 Å². The third-order valence-corrected chi connectivity index (χ3v) is 4.20. The van der Waals surface area contributed by atoms with Gasteiger partial charge in [0, 0.05) is 19.1 Å². The van der Waals surface area contributed by atoms with Crippen LogP contribution in [0.3, 0.4) is 0 Å². The lowest BCUT2D eigenvalue weighted by Gasteiger charge is -2.33. The number of rotatable bonds is 3. The quantitative estimate of drug-likeness (QED) is 0.931. The molecule has 1 saturated heterocycles. The van der Waals surface area contributed by atoms with Crippen LogP contribution in [-0.2, 0) is 0 Å². The maximum absolute atomic E-state index is 11.5. The van der Waals surface area contributed by atoms with Gasteiger partial charge in [0.1, 0.15) is 5.56 Å². The van der Waals surface area contributed by atoms with E-state index in [9.17, 15) is 9.90 Å². The van der Waals surface area contributed by atoms with Crippen molar-refractivity contribution in [2.24, 2.45) is 0 Å². The summed E-state index contributed by atoms with van der Waals surface area (Å²) in [5.74, 6) is -0.960. The molecular formula is C15H21ClN2O2. The highest BCUT2D eigenvalue weighted by atomic mass is 35.5. The van der Waals surface area contributed by atoms with Gasteiger partial charge in [0.15, 0.2) is 0 Å². The SMILES string of the molecule is CCC1CN(C)CCCN1c1cccc(Cl)c1C(=O)O. The van der Waals surface area contributed by atoms with Crippen molar-refractivity contribution < 1.29 is 9.90 Å². The zero-order valence-corrected chi connectivity index (χ0v) is 12.7. The smallest absolute Gasteiger partial charge is 0.339 e. The average molecular weight is 297 g/mol. The number of carbonyl (C=O) groups is 1. The van der Waals surface area contributed by atoms with Gasteiger partial charge in [0.05, 0.1) is 10.7 Å².